The van der Waals surface area contributed by atoms with Crippen molar-refractivity contribution >= 4 is 23.8 Å². The van der Waals surface area contributed by atoms with Gasteiger partial charge in [0, 0.05) is 17.8 Å². The van der Waals surface area contributed by atoms with Crippen molar-refractivity contribution in [1.82, 2.24) is 10.6 Å². The number of carboxylic acids is 1. The molecule has 19 heavy (non-hydrogen) atoms. The van der Waals surface area contributed by atoms with E-state index in [1.165, 1.54) is 0 Å². The van der Waals surface area contributed by atoms with Gasteiger partial charge in [-0.25, -0.2) is 4.79 Å². The van der Waals surface area contributed by atoms with Crippen LogP contribution in [0.5, 0.6) is 0 Å². The van der Waals surface area contributed by atoms with E-state index in [9.17, 15) is 9.59 Å². The molecule has 2 atom stereocenters. The van der Waals surface area contributed by atoms with Crippen LogP contribution in [0.25, 0.3) is 0 Å². The van der Waals surface area contributed by atoms with E-state index in [4.69, 9.17) is 5.11 Å². The summed E-state index contributed by atoms with van der Waals surface area (Å²) in [5.41, 5.74) is -0.0173. The number of hydrogen-bond donors (Lipinski definition) is 3. The molecule has 0 aromatic heterocycles. The summed E-state index contributed by atoms with van der Waals surface area (Å²) in [4.78, 5) is 22.7. The average molecular weight is 288 g/mol. The second kappa shape index (κ2) is 7.03. The molecule has 2 unspecified atom stereocenters. The Labute approximate surface area is 118 Å². The first-order chi connectivity index (χ1) is 8.76. The fourth-order valence-corrected chi connectivity index (χ4v) is 3.34. The number of amides is 2. The van der Waals surface area contributed by atoms with Gasteiger partial charge in [0.25, 0.3) is 0 Å². The van der Waals surface area contributed by atoms with Gasteiger partial charge in [-0.15, -0.1) is 0 Å². The predicted molar refractivity (Wildman–Crippen MR) is 77.5 cm³/mol. The van der Waals surface area contributed by atoms with Crippen molar-refractivity contribution in [2.45, 2.75) is 52.1 Å². The van der Waals surface area contributed by atoms with E-state index in [2.05, 4.69) is 10.6 Å². The number of carboxylic acid groups (broad SMARTS) is 1. The lowest BCUT2D eigenvalue weighted by molar-refractivity contribution is -0.137. The molecule has 1 aliphatic heterocycles. The van der Waals surface area contributed by atoms with Crippen LogP contribution in [0.4, 0.5) is 4.79 Å². The number of hydrogen-bond acceptors (Lipinski definition) is 3. The summed E-state index contributed by atoms with van der Waals surface area (Å²) in [6, 6.07) is -0.361. The van der Waals surface area contributed by atoms with Gasteiger partial charge in [-0.2, -0.15) is 11.8 Å². The topological polar surface area (TPSA) is 78.4 Å². The molecule has 110 valence electrons. The maximum atomic E-state index is 11.9. The minimum atomic E-state index is -0.883. The Bertz CT molecular complexity index is 322. The number of carbonyl (C=O) groups excluding carboxylic acids is 1. The molecule has 0 bridgehead atoms. The average Bonchev–Trinajstić information content (AvgIpc) is 2.65. The number of thioether (sulfide) groups is 1. The highest BCUT2D eigenvalue weighted by atomic mass is 32.2. The van der Waals surface area contributed by atoms with Crippen molar-refractivity contribution in [2.75, 3.05) is 11.5 Å². The van der Waals surface area contributed by atoms with Crippen LogP contribution in [-0.2, 0) is 4.79 Å². The third kappa shape index (κ3) is 7.30. The van der Waals surface area contributed by atoms with Crippen LogP contribution in [0.3, 0.4) is 0 Å². The number of nitrogens with one attached hydrogen (secondary N) is 2. The van der Waals surface area contributed by atoms with E-state index in [0.717, 1.165) is 17.9 Å². The van der Waals surface area contributed by atoms with Gasteiger partial charge in [0.2, 0.25) is 0 Å². The number of aliphatic carboxylic acids is 1. The van der Waals surface area contributed by atoms with Crippen molar-refractivity contribution in [3.63, 3.8) is 0 Å². The van der Waals surface area contributed by atoms with E-state index < -0.39 is 5.97 Å². The first kappa shape index (κ1) is 16.1. The Morgan fingerprint density at radius 2 is 2.11 bits per heavy atom. The van der Waals surface area contributed by atoms with Crippen LogP contribution in [0, 0.1) is 5.41 Å². The van der Waals surface area contributed by atoms with Crippen LogP contribution in [0.15, 0.2) is 0 Å². The Morgan fingerprint density at radius 1 is 1.42 bits per heavy atom. The van der Waals surface area contributed by atoms with Gasteiger partial charge in [0.05, 0.1) is 6.42 Å². The van der Waals surface area contributed by atoms with E-state index >= 15 is 0 Å². The molecule has 0 spiro atoms. The normalized spacial score (nSPS) is 20.9. The molecule has 1 fully saturated rings. The Morgan fingerprint density at radius 3 is 2.58 bits per heavy atom. The van der Waals surface area contributed by atoms with Gasteiger partial charge in [-0.05, 0) is 24.0 Å². The molecular weight excluding hydrogens is 264 g/mol. The third-order valence-corrected chi connectivity index (χ3v) is 4.04. The molecule has 2 amide bonds. The fraction of sp³-hybridized carbons (Fsp3) is 0.846. The molecule has 0 aromatic rings. The monoisotopic (exact) mass is 288 g/mol. The molecule has 6 heteroatoms. The second-order valence-electron chi connectivity index (χ2n) is 6.24. The highest BCUT2D eigenvalue weighted by Gasteiger charge is 2.24. The van der Waals surface area contributed by atoms with E-state index in [1.807, 2.05) is 32.5 Å². The summed E-state index contributed by atoms with van der Waals surface area (Å²) in [6.07, 6.45) is 1.59. The molecule has 5 nitrogen and oxygen atoms in total. The maximum absolute atomic E-state index is 11.9. The predicted octanol–water partition coefficient (Wildman–Crippen LogP) is 2.07. The van der Waals surface area contributed by atoms with Crippen molar-refractivity contribution < 1.29 is 14.7 Å². The summed E-state index contributed by atoms with van der Waals surface area (Å²) in [5, 5.41) is 14.6. The van der Waals surface area contributed by atoms with Crippen LogP contribution < -0.4 is 10.6 Å². The van der Waals surface area contributed by atoms with Crippen molar-refractivity contribution in [2.24, 2.45) is 5.41 Å². The molecule has 0 radical (unpaired) electrons. The number of carbonyl (C=O) groups is 2. The second-order valence-corrected chi connectivity index (χ2v) is 7.39. The van der Waals surface area contributed by atoms with Gasteiger partial charge in [-0.1, -0.05) is 20.8 Å². The zero-order valence-electron chi connectivity index (χ0n) is 11.9. The smallest absolute Gasteiger partial charge is 0.315 e. The summed E-state index contributed by atoms with van der Waals surface area (Å²) in [5.74, 6) is 1.13. The number of urea groups is 1. The molecule has 0 aromatic carbocycles. The largest absolute Gasteiger partial charge is 0.481 e. The maximum Gasteiger partial charge on any atom is 0.315 e. The van der Waals surface area contributed by atoms with Gasteiger partial charge in [-0.3, -0.25) is 4.79 Å². The highest BCUT2D eigenvalue weighted by molar-refractivity contribution is 7.99. The summed E-state index contributed by atoms with van der Waals surface area (Å²) in [6.45, 7) is 6.11. The molecule has 1 saturated heterocycles. The van der Waals surface area contributed by atoms with E-state index in [1.54, 1.807) is 0 Å². The fourth-order valence-electron chi connectivity index (χ4n) is 2.19. The summed E-state index contributed by atoms with van der Waals surface area (Å²) >= 11 is 1.83. The Kier molecular flexibility index (Phi) is 5.97. The van der Waals surface area contributed by atoms with E-state index in [-0.39, 0.29) is 30.0 Å². The van der Waals surface area contributed by atoms with Crippen LogP contribution >= 0.6 is 11.8 Å². The van der Waals surface area contributed by atoms with Gasteiger partial charge in [0.1, 0.15) is 0 Å². The van der Waals surface area contributed by atoms with Gasteiger partial charge in [0.15, 0.2) is 0 Å². The third-order valence-electron chi connectivity index (χ3n) is 2.88. The molecule has 0 saturated carbocycles. The molecule has 1 heterocycles. The molecule has 0 aliphatic carbocycles. The first-order valence-corrected chi connectivity index (χ1v) is 7.78. The summed E-state index contributed by atoms with van der Waals surface area (Å²) in [7, 11) is 0. The molecule has 1 rings (SSSR count). The lowest BCUT2D eigenvalue weighted by Gasteiger charge is -2.26. The lowest BCUT2D eigenvalue weighted by atomic mass is 9.87. The molecule has 3 N–H and O–H groups in total. The first-order valence-electron chi connectivity index (χ1n) is 6.63. The SMILES string of the molecule is CC(C)(C)CC(CC(=O)O)NC(=O)NC1CCSC1. The number of rotatable bonds is 5. The van der Waals surface area contributed by atoms with Gasteiger partial charge >= 0.3 is 12.0 Å². The summed E-state index contributed by atoms with van der Waals surface area (Å²) < 4.78 is 0. The lowest BCUT2D eigenvalue weighted by Crippen LogP contribution is -2.47. The zero-order valence-corrected chi connectivity index (χ0v) is 12.7. The van der Waals surface area contributed by atoms with Crippen molar-refractivity contribution in [3.05, 3.63) is 0 Å². The molecule has 1 aliphatic rings. The standard InChI is InChI=1S/C13H24N2O3S/c1-13(2,3)7-10(6-11(16)17)15-12(18)14-9-4-5-19-8-9/h9-10H,4-8H2,1-3H3,(H,16,17)(H2,14,15,18). The Balaban J connectivity index is 2.45. The van der Waals surface area contributed by atoms with Crippen LogP contribution in [-0.4, -0.2) is 40.7 Å². The van der Waals surface area contributed by atoms with Crippen molar-refractivity contribution in [1.29, 1.82) is 0 Å². The quantitative estimate of drug-likeness (QED) is 0.723. The van der Waals surface area contributed by atoms with E-state index in [0.29, 0.717) is 6.42 Å². The van der Waals surface area contributed by atoms with Crippen LogP contribution in [0.2, 0.25) is 0 Å². The Hall–Kier alpha value is -0.910. The molecular formula is C13H24N2O3S. The minimum absolute atomic E-state index is 0.0173. The van der Waals surface area contributed by atoms with Crippen molar-refractivity contribution in [3.8, 4) is 0 Å². The minimum Gasteiger partial charge on any atom is -0.481 e. The highest BCUT2D eigenvalue weighted by Crippen LogP contribution is 2.22. The van der Waals surface area contributed by atoms with Gasteiger partial charge < -0.3 is 15.7 Å². The zero-order chi connectivity index (χ0) is 14.5. The van der Waals surface area contributed by atoms with Crippen LogP contribution in [0.1, 0.15) is 40.0 Å².